The van der Waals surface area contributed by atoms with Crippen molar-refractivity contribution in [1.29, 1.82) is 10.7 Å². The third kappa shape index (κ3) is 2.36. The maximum atomic E-state index is 9.10. The Kier molecular flexibility index (Phi) is 3.47. The lowest BCUT2D eigenvalue weighted by atomic mass is 10.1. The molecule has 0 atom stereocenters. The van der Waals surface area contributed by atoms with Gasteiger partial charge in [-0.25, -0.2) is 0 Å². The van der Waals surface area contributed by atoms with E-state index < -0.39 is 0 Å². The lowest BCUT2D eigenvalue weighted by Crippen LogP contribution is -2.17. The number of hydrogen-bond acceptors (Lipinski definition) is 2. The topological polar surface area (TPSA) is 78.6 Å². The number of hydrogen-bond donors (Lipinski definition) is 2. The molecule has 0 unspecified atom stereocenters. The Morgan fingerprint density at radius 3 is 2.18 bits per heavy atom. The molecule has 1 aromatic heterocycles. The third-order valence-electron chi connectivity index (χ3n) is 3.51. The maximum Gasteiger partial charge on any atom is 0.141 e. The number of rotatable bonds is 3. The van der Waals surface area contributed by atoms with Crippen LogP contribution in [0.1, 0.15) is 11.3 Å². The van der Waals surface area contributed by atoms with E-state index in [9.17, 15) is 0 Å². The van der Waals surface area contributed by atoms with Gasteiger partial charge in [0.1, 0.15) is 17.6 Å². The van der Waals surface area contributed by atoms with Crippen molar-refractivity contribution < 1.29 is 0 Å². The zero-order chi connectivity index (χ0) is 15.5. The normalized spacial score (nSPS) is 10.1. The quantitative estimate of drug-likeness (QED) is 0.572. The number of nitrogens with zero attached hydrogens (tertiary/aromatic N) is 2. The zero-order valence-electron chi connectivity index (χ0n) is 11.8. The summed E-state index contributed by atoms with van der Waals surface area (Å²) >= 11 is 0. The third-order valence-corrected chi connectivity index (χ3v) is 3.51. The first-order chi connectivity index (χ1) is 10.7. The van der Waals surface area contributed by atoms with Gasteiger partial charge in [-0.05, 0) is 29.3 Å². The number of nitriles is 1. The first-order valence-electron chi connectivity index (χ1n) is 6.82. The predicted octanol–water partition coefficient (Wildman–Crippen LogP) is 3.30. The molecule has 1 heterocycles. The second kappa shape index (κ2) is 5.58. The van der Waals surface area contributed by atoms with Crippen molar-refractivity contribution >= 4 is 5.84 Å². The molecule has 0 aliphatic rings. The number of nitrogens with two attached hydrogens (primary N) is 1. The van der Waals surface area contributed by atoms with Crippen molar-refractivity contribution in [2.45, 2.75) is 0 Å². The maximum absolute atomic E-state index is 9.10. The Labute approximate surface area is 128 Å². The minimum atomic E-state index is -0.117. The van der Waals surface area contributed by atoms with Crippen LogP contribution in [0, 0.1) is 16.7 Å². The molecule has 0 saturated heterocycles. The van der Waals surface area contributed by atoms with Crippen LogP contribution in [0.4, 0.5) is 0 Å². The lowest BCUT2D eigenvalue weighted by molar-refractivity contribution is 1.05. The van der Waals surface area contributed by atoms with Gasteiger partial charge in [-0.3, -0.25) is 5.41 Å². The number of amidine groups is 1. The fourth-order valence-corrected chi connectivity index (χ4v) is 2.46. The average Bonchev–Trinajstić information content (AvgIpc) is 3.00. The molecule has 4 nitrogen and oxygen atoms in total. The van der Waals surface area contributed by atoms with Crippen LogP contribution < -0.4 is 5.73 Å². The van der Waals surface area contributed by atoms with E-state index in [2.05, 4.69) is 18.2 Å². The highest BCUT2D eigenvalue weighted by atomic mass is 15.0. The molecular weight excluding hydrogens is 272 g/mol. The van der Waals surface area contributed by atoms with Gasteiger partial charge in [-0.1, -0.05) is 42.5 Å². The first kappa shape index (κ1) is 13.7. The van der Waals surface area contributed by atoms with Crippen LogP contribution in [0.5, 0.6) is 0 Å². The molecule has 3 rings (SSSR count). The van der Waals surface area contributed by atoms with Crippen molar-refractivity contribution in [2.24, 2.45) is 5.73 Å². The molecule has 3 aromatic rings. The molecule has 106 valence electrons. The van der Waals surface area contributed by atoms with Crippen LogP contribution in [0.15, 0.2) is 66.9 Å². The second-order valence-electron chi connectivity index (χ2n) is 4.89. The highest BCUT2D eigenvalue weighted by molar-refractivity contribution is 5.96. The summed E-state index contributed by atoms with van der Waals surface area (Å²) in [5.74, 6) is -0.117. The fraction of sp³-hybridized carbons (Fsp3) is 0. The largest absolute Gasteiger partial charge is 0.382 e. The summed E-state index contributed by atoms with van der Waals surface area (Å²) in [4.78, 5) is 0. The minimum absolute atomic E-state index is 0.117. The van der Waals surface area contributed by atoms with Crippen molar-refractivity contribution in [3.63, 3.8) is 0 Å². The van der Waals surface area contributed by atoms with Crippen LogP contribution in [0.2, 0.25) is 0 Å². The van der Waals surface area contributed by atoms with Crippen molar-refractivity contribution in [3.8, 4) is 22.9 Å². The van der Waals surface area contributed by atoms with Gasteiger partial charge < -0.3 is 10.3 Å². The Morgan fingerprint density at radius 2 is 1.59 bits per heavy atom. The fourth-order valence-electron chi connectivity index (χ4n) is 2.46. The van der Waals surface area contributed by atoms with Gasteiger partial charge in [0.15, 0.2) is 0 Å². The number of nitrogens with one attached hydrogen (secondary N) is 1. The van der Waals surface area contributed by atoms with E-state index >= 15 is 0 Å². The molecule has 3 N–H and O–H groups in total. The molecule has 2 aromatic carbocycles. The van der Waals surface area contributed by atoms with Crippen LogP contribution in [0.25, 0.3) is 16.8 Å². The summed E-state index contributed by atoms with van der Waals surface area (Å²) in [7, 11) is 0. The Bertz CT molecular complexity index is 852. The number of nitrogen functional groups attached to an aromatic ring is 1. The van der Waals surface area contributed by atoms with E-state index in [0.717, 1.165) is 16.8 Å². The predicted molar refractivity (Wildman–Crippen MR) is 86.9 cm³/mol. The minimum Gasteiger partial charge on any atom is -0.382 e. The van der Waals surface area contributed by atoms with Gasteiger partial charge in [-0.15, -0.1) is 0 Å². The summed E-state index contributed by atoms with van der Waals surface area (Å²) in [5, 5.41) is 16.8. The van der Waals surface area contributed by atoms with Crippen molar-refractivity contribution in [2.75, 3.05) is 0 Å². The standard InChI is InChI=1S/C18H14N4/c19-12-15-10-11-22(17(15)18(20)21)16-8-6-14(7-9-16)13-4-2-1-3-5-13/h1-11H,(H3,20,21). The molecule has 0 saturated carbocycles. The van der Waals surface area contributed by atoms with Crippen molar-refractivity contribution in [1.82, 2.24) is 4.57 Å². The van der Waals surface area contributed by atoms with Crippen LogP contribution in [0.3, 0.4) is 0 Å². The molecule has 0 aliphatic heterocycles. The number of aromatic nitrogens is 1. The summed E-state index contributed by atoms with van der Waals surface area (Å²) in [6, 6.07) is 21.8. The summed E-state index contributed by atoms with van der Waals surface area (Å²) < 4.78 is 1.76. The van der Waals surface area contributed by atoms with Crippen LogP contribution in [-0.2, 0) is 0 Å². The van der Waals surface area contributed by atoms with Gasteiger partial charge >= 0.3 is 0 Å². The number of benzene rings is 2. The molecule has 0 amide bonds. The molecule has 0 aliphatic carbocycles. The summed E-state index contributed by atoms with van der Waals surface area (Å²) in [5.41, 5.74) is 9.56. The van der Waals surface area contributed by atoms with Crippen molar-refractivity contribution in [3.05, 3.63) is 78.1 Å². The zero-order valence-corrected chi connectivity index (χ0v) is 11.8. The summed E-state index contributed by atoms with van der Waals surface area (Å²) in [6.45, 7) is 0. The van der Waals surface area contributed by atoms with Crippen LogP contribution >= 0.6 is 0 Å². The molecule has 4 heteroatoms. The van der Waals surface area contributed by atoms with Crippen LogP contribution in [-0.4, -0.2) is 10.4 Å². The smallest absolute Gasteiger partial charge is 0.141 e. The van der Waals surface area contributed by atoms with E-state index in [1.54, 1.807) is 16.8 Å². The average molecular weight is 286 g/mol. The molecule has 0 radical (unpaired) electrons. The van der Waals surface area contributed by atoms with Gasteiger partial charge in [0.25, 0.3) is 0 Å². The Hall–Kier alpha value is -3.32. The first-order valence-corrected chi connectivity index (χ1v) is 6.82. The monoisotopic (exact) mass is 286 g/mol. The Balaban J connectivity index is 2.03. The SMILES string of the molecule is N#Cc1ccn(-c2ccc(-c3ccccc3)cc2)c1C(=N)N. The molecule has 0 fully saturated rings. The van der Waals surface area contributed by atoms with E-state index in [1.807, 2.05) is 42.5 Å². The van der Waals surface area contributed by atoms with Gasteiger partial charge in [0, 0.05) is 11.9 Å². The molecule has 0 bridgehead atoms. The highest BCUT2D eigenvalue weighted by Gasteiger charge is 2.12. The van der Waals surface area contributed by atoms with E-state index in [-0.39, 0.29) is 5.84 Å². The van der Waals surface area contributed by atoms with E-state index in [0.29, 0.717) is 11.3 Å². The molecular formula is C18H14N4. The molecule has 22 heavy (non-hydrogen) atoms. The van der Waals surface area contributed by atoms with E-state index in [4.69, 9.17) is 16.4 Å². The summed E-state index contributed by atoms with van der Waals surface area (Å²) in [6.07, 6.45) is 1.76. The van der Waals surface area contributed by atoms with Gasteiger partial charge in [0.05, 0.1) is 5.56 Å². The molecule has 0 spiro atoms. The van der Waals surface area contributed by atoms with Gasteiger partial charge in [0.2, 0.25) is 0 Å². The second-order valence-corrected chi connectivity index (χ2v) is 4.89. The Morgan fingerprint density at radius 1 is 0.955 bits per heavy atom. The highest BCUT2D eigenvalue weighted by Crippen LogP contribution is 2.22. The van der Waals surface area contributed by atoms with Gasteiger partial charge in [-0.2, -0.15) is 5.26 Å². The lowest BCUT2D eigenvalue weighted by Gasteiger charge is -2.09. The van der Waals surface area contributed by atoms with E-state index in [1.165, 1.54) is 0 Å².